The van der Waals surface area contributed by atoms with Gasteiger partial charge in [-0.1, -0.05) is 6.08 Å². The van der Waals surface area contributed by atoms with Crippen LogP contribution in [0.5, 0.6) is 11.5 Å². The van der Waals surface area contributed by atoms with E-state index in [0.717, 1.165) is 0 Å². The molecule has 0 saturated heterocycles. The molecule has 0 unspecified atom stereocenters. The van der Waals surface area contributed by atoms with Crippen molar-refractivity contribution >= 4 is 11.6 Å². The maximum Gasteiger partial charge on any atom is 0.265 e. The average molecular weight is 249 g/mol. The lowest BCUT2D eigenvalue weighted by Gasteiger charge is -2.29. The highest BCUT2D eigenvalue weighted by atomic mass is 16.5. The van der Waals surface area contributed by atoms with Crippen LogP contribution in [0.1, 0.15) is 5.56 Å². The molecule has 1 aliphatic rings. The van der Waals surface area contributed by atoms with Gasteiger partial charge < -0.3 is 19.5 Å². The molecular formula is C13H15NO4. The maximum atomic E-state index is 11.8. The first kappa shape index (κ1) is 12.4. The van der Waals surface area contributed by atoms with E-state index in [0.29, 0.717) is 29.3 Å². The molecule has 2 rings (SSSR count). The predicted octanol–water partition coefficient (Wildman–Crippen LogP) is 1.10. The van der Waals surface area contributed by atoms with Gasteiger partial charge in [-0.05, 0) is 17.7 Å². The standard InChI is InChI=1S/C13H15NO4/c1-3-4-14-10-5-9(7-15)6-11(17-2)13(10)18-8-12(14)16/h3,5-6,15H,1,4,7-8H2,2H3. The Hall–Kier alpha value is -2.01. The molecule has 5 nitrogen and oxygen atoms in total. The Kier molecular flexibility index (Phi) is 3.53. The van der Waals surface area contributed by atoms with Crippen LogP contribution in [0.4, 0.5) is 5.69 Å². The maximum absolute atomic E-state index is 11.8. The van der Waals surface area contributed by atoms with Gasteiger partial charge in [0.1, 0.15) is 0 Å². The van der Waals surface area contributed by atoms with E-state index >= 15 is 0 Å². The average Bonchev–Trinajstić information content (AvgIpc) is 2.40. The highest BCUT2D eigenvalue weighted by Gasteiger charge is 2.27. The highest BCUT2D eigenvalue weighted by Crippen LogP contribution is 2.41. The number of methoxy groups -OCH3 is 1. The molecule has 96 valence electrons. The lowest BCUT2D eigenvalue weighted by molar-refractivity contribution is -0.121. The minimum absolute atomic E-state index is 0.0182. The zero-order chi connectivity index (χ0) is 13.1. The quantitative estimate of drug-likeness (QED) is 0.812. The third-order valence-electron chi connectivity index (χ3n) is 2.74. The summed E-state index contributed by atoms with van der Waals surface area (Å²) in [4.78, 5) is 13.4. The van der Waals surface area contributed by atoms with Crippen LogP contribution in [-0.4, -0.2) is 31.3 Å². The second-order valence-electron chi connectivity index (χ2n) is 3.89. The molecule has 18 heavy (non-hydrogen) atoms. The van der Waals surface area contributed by atoms with Crippen molar-refractivity contribution in [2.45, 2.75) is 6.61 Å². The fourth-order valence-corrected chi connectivity index (χ4v) is 1.91. The summed E-state index contributed by atoms with van der Waals surface area (Å²) in [7, 11) is 1.52. The molecule has 1 aliphatic heterocycles. The fraction of sp³-hybridized carbons (Fsp3) is 0.308. The van der Waals surface area contributed by atoms with Gasteiger partial charge in [0.05, 0.1) is 19.4 Å². The van der Waals surface area contributed by atoms with Crippen LogP contribution in [0.25, 0.3) is 0 Å². The van der Waals surface area contributed by atoms with Gasteiger partial charge in [-0.3, -0.25) is 4.79 Å². The van der Waals surface area contributed by atoms with E-state index in [1.807, 2.05) is 0 Å². The number of ether oxygens (including phenoxy) is 2. The van der Waals surface area contributed by atoms with E-state index in [1.165, 1.54) is 7.11 Å². The van der Waals surface area contributed by atoms with Gasteiger partial charge in [-0.25, -0.2) is 0 Å². The van der Waals surface area contributed by atoms with Crippen LogP contribution < -0.4 is 14.4 Å². The first-order valence-electron chi connectivity index (χ1n) is 5.57. The van der Waals surface area contributed by atoms with Gasteiger partial charge in [-0.2, -0.15) is 0 Å². The number of anilines is 1. The van der Waals surface area contributed by atoms with E-state index < -0.39 is 0 Å². The van der Waals surface area contributed by atoms with E-state index in [-0.39, 0.29) is 19.1 Å². The SMILES string of the molecule is C=CCN1C(=O)COc2c(OC)cc(CO)cc21. The molecule has 1 N–H and O–H groups in total. The Labute approximate surface area is 105 Å². The van der Waals surface area contributed by atoms with Crippen molar-refractivity contribution < 1.29 is 19.4 Å². The number of nitrogens with zero attached hydrogens (tertiary/aromatic N) is 1. The second kappa shape index (κ2) is 5.10. The van der Waals surface area contributed by atoms with Gasteiger partial charge in [0.2, 0.25) is 0 Å². The molecule has 1 amide bonds. The van der Waals surface area contributed by atoms with Crippen LogP contribution in [0.3, 0.4) is 0 Å². The van der Waals surface area contributed by atoms with Crippen LogP contribution in [-0.2, 0) is 11.4 Å². The van der Waals surface area contributed by atoms with Crippen LogP contribution in [0.2, 0.25) is 0 Å². The number of amides is 1. The minimum Gasteiger partial charge on any atom is -0.493 e. The first-order chi connectivity index (χ1) is 8.71. The zero-order valence-electron chi connectivity index (χ0n) is 10.2. The molecule has 1 heterocycles. The summed E-state index contributed by atoms with van der Waals surface area (Å²) in [6.07, 6.45) is 1.64. The third-order valence-corrected chi connectivity index (χ3v) is 2.74. The molecule has 0 spiro atoms. The number of carbonyl (C=O) groups is 1. The predicted molar refractivity (Wildman–Crippen MR) is 67.0 cm³/mol. The number of aliphatic hydroxyl groups excluding tert-OH is 1. The molecule has 0 fully saturated rings. The molecule has 0 aliphatic carbocycles. The Balaban J connectivity index is 2.54. The van der Waals surface area contributed by atoms with E-state index in [2.05, 4.69) is 6.58 Å². The lowest BCUT2D eigenvalue weighted by Crippen LogP contribution is -2.39. The molecule has 0 saturated carbocycles. The zero-order valence-corrected chi connectivity index (χ0v) is 10.2. The number of hydrogen-bond acceptors (Lipinski definition) is 4. The van der Waals surface area contributed by atoms with Crippen molar-refractivity contribution in [1.82, 2.24) is 0 Å². The van der Waals surface area contributed by atoms with E-state index in [4.69, 9.17) is 9.47 Å². The number of fused-ring (bicyclic) bond motifs is 1. The molecule has 0 atom stereocenters. The van der Waals surface area contributed by atoms with Crippen molar-refractivity contribution in [2.24, 2.45) is 0 Å². The van der Waals surface area contributed by atoms with Crippen molar-refractivity contribution in [3.63, 3.8) is 0 Å². The summed E-state index contributed by atoms with van der Waals surface area (Å²) in [6.45, 7) is 3.88. The smallest absolute Gasteiger partial charge is 0.265 e. The molecular weight excluding hydrogens is 234 g/mol. The largest absolute Gasteiger partial charge is 0.493 e. The molecule has 1 aromatic carbocycles. The Bertz CT molecular complexity index is 484. The van der Waals surface area contributed by atoms with Gasteiger partial charge in [0.25, 0.3) is 5.91 Å². The first-order valence-corrected chi connectivity index (χ1v) is 5.57. The third kappa shape index (κ3) is 2.04. The molecule has 0 radical (unpaired) electrons. The number of aliphatic hydroxyl groups is 1. The van der Waals surface area contributed by atoms with Crippen LogP contribution >= 0.6 is 0 Å². The number of carbonyl (C=O) groups excluding carboxylic acids is 1. The summed E-state index contributed by atoms with van der Waals surface area (Å²) >= 11 is 0. The summed E-state index contributed by atoms with van der Waals surface area (Å²) < 4.78 is 10.6. The fourth-order valence-electron chi connectivity index (χ4n) is 1.91. The lowest BCUT2D eigenvalue weighted by atomic mass is 10.1. The van der Waals surface area contributed by atoms with Crippen molar-refractivity contribution in [3.8, 4) is 11.5 Å². The summed E-state index contributed by atoms with van der Waals surface area (Å²) in [5, 5.41) is 9.22. The monoisotopic (exact) mass is 249 g/mol. The normalized spacial score (nSPS) is 13.9. The number of hydrogen-bond donors (Lipinski definition) is 1. The van der Waals surface area contributed by atoms with Crippen molar-refractivity contribution in [1.29, 1.82) is 0 Å². The second-order valence-corrected chi connectivity index (χ2v) is 3.89. The van der Waals surface area contributed by atoms with E-state index in [9.17, 15) is 9.90 Å². The Morgan fingerprint density at radius 3 is 3.00 bits per heavy atom. The summed E-state index contributed by atoms with van der Waals surface area (Å²) in [6, 6.07) is 3.42. The van der Waals surface area contributed by atoms with Gasteiger partial charge in [0.15, 0.2) is 18.1 Å². The van der Waals surface area contributed by atoms with Crippen LogP contribution in [0, 0.1) is 0 Å². The number of rotatable bonds is 4. The highest BCUT2D eigenvalue weighted by molar-refractivity contribution is 5.98. The summed E-state index contributed by atoms with van der Waals surface area (Å²) in [5.41, 5.74) is 1.27. The van der Waals surface area contributed by atoms with Gasteiger partial charge in [-0.15, -0.1) is 6.58 Å². The van der Waals surface area contributed by atoms with Gasteiger partial charge in [0, 0.05) is 6.54 Å². The minimum atomic E-state index is -0.139. The van der Waals surface area contributed by atoms with E-state index in [1.54, 1.807) is 23.1 Å². The van der Waals surface area contributed by atoms with Crippen molar-refractivity contribution in [2.75, 3.05) is 25.2 Å². The number of benzene rings is 1. The summed E-state index contributed by atoms with van der Waals surface area (Å²) in [5.74, 6) is 0.897. The van der Waals surface area contributed by atoms with Crippen molar-refractivity contribution in [3.05, 3.63) is 30.4 Å². The molecule has 5 heteroatoms. The molecule has 0 bridgehead atoms. The van der Waals surface area contributed by atoms with Gasteiger partial charge >= 0.3 is 0 Å². The topological polar surface area (TPSA) is 59.0 Å². The van der Waals surface area contributed by atoms with Crippen LogP contribution in [0.15, 0.2) is 24.8 Å². The molecule has 1 aromatic rings. The molecule has 0 aromatic heterocycles. The Morgan fingerprint density at radius 1 is 1.61 bits per heavy atom. The Morgan fingerprint density at radius 2 is 2.39 bits per heavy atom.